The Kier molecular flexibility index (Phi) is 3.00. The summed E-state index contributed by atoms with van der Waals surface area (Å²) < 4.78 is 14.1. The van der Waals surface area contributed by atoms with Crippen LogP contribution in [0.25, 0.3) is 10.1 Å². The zero-order chi connectivity index (χ0) is 10.8. The molecule has 0 saturated carbocycles. The topological polar surface area (TPSA) is 38.0 Å². The van der Waals surface area contributed by atoms with Gasteiger partial charge in [0.05, 0.1) is 6.04 Å². The van der Waals surface area contributed by atoms with Crippen LogP contribution in [0.1, 0.15) is 24.3 Å². The van der Waals surface area contributed by atoms with Crippen LogP contribution in [0.4, 0.5) is 4.39 Å². The van der Waals surface area contributed by atoms with Crippen LogP contribution >= 0.6 is 11.3 Å². The summed E-state index contributed by atoms with van der Waals surface area (Å²) in [6.07, 6.45) is 0.922. The third-order valence-corrected chi connectivity index (χ3v) is 3.68. The van der Waals surface area contributed by atoms with Crippen LogP contribution in [-0.4, -0.2) is 0 Å². The van der Waals surface area contributed by atoms with Gasteiger partial charge in [0, 0.05) is 9.58 Å². The Balaban J connectivity index is 2.46. The highest BCUT2D eigenvalue weighted by molar-refractivity contribution is 7.19. The number of rotatable bonds is 3. The number of hydrogen-bond donors (Lipinski definition) is 2. The number of nitrogens with two attached hydrogens (primary N) is 1. The SMILES string of the molecule is CCC(NN)c1cc2cc(F)ccc2s1. The van der Waals surface area contributed by atoms with E-state index in [0.717, 1.165) is 21.4 Å². The van der Waals surface area contributed by atoms with Crippen molar-refractivity contribution in [3.8, 4) is 0 Å². The highest BCUT2D eigenvalue weighted by Crippen LogP contribution is 2.31. The summed E-state index contributed by atoms with van der Waals surface area (Å²) in [6, 6.07) is 7.00. The van der Waals surface area contributed by atoms with Crippen LogP contribution in [0.2, 0.25) is 0 Å². The highest BCUT2D eigenvalue weighted by atomic mass is 32.1. The zero-order valence-corrected chi connectivity index (χ0v) is 9.27. The van der Waals surface area contributed by atoms with E-state index in [1.807, 2.05) is 12.1 Å². The normalized spacial score (nSPS) is 13.3. The van der Waals surface area contributed by atoms with Crippen molar-refractivity contribution in [3.05, 3.63) is 35.0 Å². The molecule has 0 fully saturated rings. The Hall–Kier alpha value is -0.970. The van der Waals surface area contributed by atoms with E-state index in [0.29, 0.717) is 0 Å². The molecule has 3 N–H and O–H groups in total. The van der Waals surface area contributed by atoms with Crippen molar-refractivity contribution in [1.82, 2.24) is 5.43 Å². The monoisotopic (exact) mass is 224 g/mol. The van der Waals surface area contributed by atoms with Gasteiger partial charge in [-0.25, -0.2) is 4.39 Å². The van der Waals surface area contributed by atoms with Gasteiger partial charge in [-0.1, -0.05) is 6.92 Å². The molecule has 0 radical (unpaired) electrons. The summed E-state index contributed by atoms with van der Waals surface area (Å²) in [5, 5.41) is 0.948. The molecular formula is C11H13FN2S. The molecule has 15 heavy (non-hydrogen) atoms. The Morgan fingerprint density at radius 3 is 2.93 bits per heavy atom. The average molecular weight is 224 g/mol. The molecule has 1 heterocycles. The second kappa shape index (κ2) is 4.26. The summed E-state index contributed by atoms with van der Waals surface area (Å²) in [6.45, 7) is 2.06. The molecular weight excluding hydrogens is 211 g/mol. The van der Waals surface area contributed by atoms with Gasteiger partial charge in [-0.2, -0.15) is 0 Å². The lowest BCUT2D eigenvalue weighted by Gasteiger charge is -2.09. The van der Waals surface area contributed by atoms with Gasteiger partial charge in [-0.3, -0.25) is 11.3 Å². The number of halogens is 1. The van der Waals surface area contributed by atoms with Crippen LogP contribution in [0, 0.1) is 5.82 Å². The maximum atomic E-state index is 13.0. The fourth-order valence-electron chi connectivity index (χ4n) is 1.61. The maximum absolute atomic E-state index is 13.0. The molecule has 0 aliphatic heterocycles. The maximum Gasteiger partial charge on any atom is 0.123 e. The summed E-state index contributed by atoms with van der Waals surface area (Å²) in [5.74, 6) is 5.26. The van der Waals surface area contributed by atoms with Gasteiger partial charge in [-0.05, 0) is 36.1 Å². The molecule has 1 aromatic heterocycles. The predicted octanol–water partition coefficient (Wildman–Crippen LogP) is 2.95. The fourth-order valence-corrected chi connectivity index (χ4v) is 2.80. The molecule has 1 aromatic carbocycles. The van der Waals surface area contributed by atoms with Crippen LogP contribution in [0.5, 0.6) is 0 Å². The third-order valence-electron chi connectivity index (χ3n) is 2.45. The molecule has 1 unspecified atom stereocenters. The van der Waals surface area contributed by atoms with E-state index in [-0.39, 0.29) is 11.9 Å². The first-order valence-electron chi connectivity index (χ1n) is 4.89. The van der Waals surface area contributed by atoms with Crippen molar-refractivity contribution in [2.24, 2.45) is 5.84 Å². The minimum atomic E-state index is -0.194. The van der Waals surface area contributed by atoms with Gasteiger partial charge < -0.3 is 0 Å². The van der Waals surface area contributed by atoms with E-state index in [2.05, 4.69) is 12.3 Å². The number of fused-ring (bicyclic) bond motifs is 1. The molecule has 2 rings (SSSR count). The molecule has 0 saturated heterocycles. The van der Waals surface area contributed by atoms with Crippen LogP contribution in [0.3, 0.4) is 0 Å². The minimum Gasteiger partial charge on any atom is -0.271 e. The van der Waals surface area contributed by atoms with Gasteiger partial charge in [0.1, 0.15) is 5.82 Å². The first-order chi connectivity index (χ1) is 7.24. The van der Waals surface area contributed by atoms with Crippen LogP contribution in [0.15, 0.2) is 24.3 Å². The van der Waals surface area contributed by atoms with E-state index >= 15 is 0 Å². The summed E-state index contributed by atoms with van der Waals surface area (Å²) in [7, 11) is 0. The molecule has 2 nitrogen and oxygen atoms in total. The molecule has 0 aliphatic rings. The van der Waals surface area contributed by atoms with Gasteiger partial charge in [0.25, 0.3) is 0 Å². The number of thiophene rings is 1. The van der Waals surface area contributed by atoms with E-state index in [1.54, 1.807) is 17.4 Å². The molecule has 0 spiro atoms. The lowest BCUT2D eigenvalue weighted by molar-refractivity contribution is 0.548. The molecule has 80 valence electrons. The number of benzene rings is 1. The molecule has 0 aliphatic carbocycles. The van der Waals surface area contributed by atoms with Crippen molar-refractivity contribution in [1.29, 1.82) is 0 Å². The van der Waals surface area contributed by atoms with Gasteiger partial charge in [0.15, 0.2) is 0 Å². The molecule has 0 bridgehead atoms. The quantitative estimate of drug-likeness (QED) is 0.621. The number of hydrazine groups is 1. The van der Waals surface area contributed by atoms with Gasteiger partial charge >= 0.3 is 0 Å². The molecule has 0 amide bonds. The van der Waals surface area contributed by atoms with Crippen LogP contribution < -0.4 is 11.3 Å². The second-order valence-electron chi connectivity index (χ2n) is 3.46. The van der Waals surface area contributed by atoms with Crippen molar-refractivity contribution < 1.29 is 4.39 Å². The minimum absolute atomic E-state index is 0.158. The van der Waals surface area contributed by atoms with Gasteiger partial charge in [-0.15, -0.1) is 11.3 Å². The van der Waals surface area contributed by atoms with Gasteiger partial charge in [0.2, 0.25) is 0 Å². The number of hydrogen-bond acceptors (Lipinski definition) is 3. The standard InChI is InChI=1S/C11H13FN2S/c1-2-9(14-13)11-6-7-5-8(12)3-4-10(7)15-11/h3-6,9,14H,2,13H2,1H3. The second-order valence-corrected chi connectivity index (χ2v) is 4.57. The Bertz CT molecular complexity index is 463. The molecule has 1 atom stereocenters. The predicted molar refractivity (Wildman–Crippen MR) is 62.1 cm³/mol. The highest BCUT2D eigenvalue weighted by Gasteiger charge is 2.10. The number of nitrogens with one attached hydrogen (secondary N) is 1. The summed E-state index contributed by atoms with van der Waals surface area (Å²) in [4.78, 5) is 1.15. The van der Waals surface area contributed by atoms with Crippen molar-refractivity contribution in [2.75, 3.05) is 0 Å². The first-order valence-corrected chi connectivity index (χ1v) is 5.71. The summed E-state index contributed by atoms with van der Waals surface area (Å²) in [5.41, 5.74) is 2.76. The average Bonchev–Trinajstić information content (AvgIpc) is 2.62. The van der Waals surface area contributed by atoms with Crippen molar-refractivity contribution in [2.45, 2.75) is 19.4 Å². The zero-order valence-electron chi connectivity index (χ0n) is 8.46. The van der Waals surface area contributed by atoms with E-state index in [9.17, 15) is 4.39 Å². The van der Waals surface area contributed by atoms with Crippen LogP contribution in [-0.2, 0) is 0 Å². The Morgan fingerprint density at radius 1 is 1.47 bits per heavy atom. The molecule has 4 heteroatoms. The smallest absolute Gasteiger partial charge is 0.123 e. The Labute approximate surface area is 91.9 Å². The van der Waals surface area contributed by atoms with E-state index < -0.39 is 0 Å². The molecule has 2 aromatic rings. The lowest BCUT2D eigenvalue weighted by Crippen LogP contribution is -2.26. The Morgan fingerprint density at radius 2 is 2.27 bits per heavy atom. The lowest BCUT2D eigenvalue weighted by atomic mass is 10.1. The fraction of sp³-hybridized carbons (Fsp3) is 0.273. The van der Waals surface area contributed by atoms with E-state index in [1.165, 1.54) is 6.07 Å². The largest absolute Gasteiger partial charge is 0.271 e. The summed E-state index contributed by atoms with van der Waals surface area (Å²) >= 11 is 1.65. The van der Waals surface area contributed by atoms with E-state index in [4.69, 9.17) is 5.84 Å². The third kappa shape index (κ3) is 2.02. The van der Waals surface area contributed by atoms with Crippen molar-refractivity contribution in [3.63, 3.8) is 0 Å². The van der Waals surface area contributed by atoms with Crippen molar-refractivity contribution >= 4 is 21.4 Å². The first kappa shape index (κ1) is 10.5.